The summed E-state index contributed by atoms with van der Waals surface area (Å²) in [7, 11) is 0. The Bertz CT molecular complexity index is 778. The van der Waals surface area contributed by atoms with E-state index in [1.807, 2.05) is 42.5 Å². The predicted molar refractivity (Wildman–Crippen MR) is 104 cm³/mol. The number of nitrogens with one attached hydrogen (secondary N) is 2. The van der Waals surface area contributed by atoms with Crippen molar-refractivity contribution >= 4 is 46.6 Å². The van der Waals surface area contributed by atoms with Crippen LogP contribution >= 0.6 is 23.4 Å². The van der Waals surface area contributed by atoms with Gasteiger partial charge in [0.1, 0.15) is 0 Å². The second-order valence-electron chi connectivity index (χ2n) is 6.02. The molecular weight excluding hydrogens is 356 g/mol. The lowest BCUT2D eigenvalue weighted by Crippen LogP contribution is -2.15. The zero-order chi connectivity index (χ0) is 17.6. The monoisotopic (exact) mass is 374 g/mol. The van der Waals surface area contributed by atoms with Gasteiger partial charge in [0.2, 0.25) is 11.8 Å². The molecule has 2 amide bonds. The summed E-state index contributed by atoms with van der Waals surface area (Å²) in [6.07, 6.45) is 1.93. The first-order valence-corrected chi connectivity index (χ1v) is 9.66. The van der Waals surface area contributed by atoms with E-state index in [0.717, 1.165) is 24.2 Å². The van der Waals surface area contributed by atoms with Crippen molar-refractivity contribution in [1.82, 2.24) is 0 Å². The minimum atomic E-state index is -0.0716. The van der Waals surface area contributed by atoms with Gasteiger partial charge in [0.25, 0.3) is 0 Å². The van der Waals surface area contributed by atoms with Crippen LogP contribution in [0.15, 0.2) is 48.5 Å². The summed E-state index contributed by atoms with van der Waals surface area (Å²) in [5, 5.41) is 6.44. The fraction of sp³-hybridized carbons (Fsp3) is 0.263. The molecule has 0 bridgehead atoms. The third kappa shape index (κ3) is 5.80. The molecule has 0 heterocycles. The number of hydrogen-bond donors (Lipinski definition) is 2. The van der Waals surface area contributed by atoms with Crippen LogP contribution in [0.2, 0.25) is 5.02 Å². The Morgan fingerprint density at radius 1 is 1.04 bits per heavy atom. The van der Waals surface area contributed by atoms with Crippen LogP contribution in [0.1, 0.15) is 18.4 Å². The van der Waals surface area contributed by atoms with Gasteiger partial charge in [-0.1, -0.05) is 29.8 Å². The van der Waals surface area contributed by atoms with Crippen molar-refractivity contribution in [3.05, 3.63) is 59.1 Å². The number of carbonyl (C=O) groups excluding carboxylic acids is 2. The fourth-order valence-electron chi connectivity index (χ4n) is 2.35. The number of rotatable bonds is 7. The van der Waals surface area contributed by atoms with E-state index in [0.29, 0.717) is 22.2 Å². The maximum Gasteiger partial charge on any atom is 0.234 e. The second-order valence-corrected chi connectivity index (χ2v) is 7.44. The van der Waals surface area contributed by atoms with Gasteiger partial charge in [-0.2, -0.15) is 0 Å². The summed E-state index contributed by atoms with van der Waals surface area (Å²) >= 11 is 7.48. The maximum absolute atomic E-state index is 12.1. The van der Waals surface area contributed by atoms with Crippen LogP contribution in [0.25, 0.3) is 0 Å². The highest BCUT2D eigenvalue weighted by Gasteiger charge is 2.29. The first-order valence-electron chi connectivity index (χ1n) is 8.13. The molecule has 1 fully saturated rings. The van der Waals surface area contributed by atoms with Gasteiger partial charge in [-0.05, 0) is 48.7 Å². The van der Waals surface area contributed by atoms with Crippen LogP contribution in [0.3, 0.4) is 0 Å². The first kappa shape index (κ1) is 17.8. The number of amides is 2. The molecule has 6 heteroatoms. The summed E-state index contributed by atoms with van der Waals surface area (Å²) in [4.78, 5) is 23.9. The van der Waals surface area contributed by atoms with E-state index < -0.39 is 0 Å². The fourth-order valence-corrected chi connectivity index (χ4v) is 3.34. The SMILES string of the molecule is O=C(CSCc1cccc(Cl)c1)Nc1cccc(NC(=O)C2CC2)c1. The molecule has 1 aliphatic rings. The average Bonchev–Trinajstić information content (AvgIpc) is 3.40. The van der Waals surface area contributed by atoms with Crippen LogP contribution in [-0.2, 0) is 15.3 Å². The molecule has 25 heavy (non-hydrogen) atoms. The van der Waals surface area contributed by atoms with E-state index in [4.69, 9.17) is 11.6 Å². The molecule has 1 aliphatic carbocycles. The second kappa shape index (κ2) is 8.41. The largest absolute Gasteiger partial charge is 0.326 e. The van der Waals surface area contributed by atoms with Gasteiger partial charge >= 0.3 is 0 Å². The van der Waals surface area contributed by atoms with Gasteiger partial charge in [0.05, 0.1) is 5.75 Å². The number of anilines is 2. The van der Waals surface area contributed by atoms with E-state index >= 15 is 0 Å². The Balaban J connectivity index is 1.46. The molecule has 0 saturated heterocycles. The zero-order valence-electron chi connectivity index (χ0n) is 13.6. The molecule has 2 N–H and O–H groups in total. The van der Waals surface area contributed by atoms with Gasteiger partial charge < -0.3 is 10.6 Å². The molecule has 2 aromatic rings. The van der Waals surface area contributed by atoms with Crippen molar-refractivity contribution in [2.75, 3.05) is 16.4 Å². The number of benzene rings is 2. The molecule has 0 aromatic heterocycles. The van der Waals surface area contributed by atoms with Crippen LogP contribution < -0.4 is 10.6 Å². The highest BCUT2D eigenvalue weighted by Crippen LogP contribution is 2.30. The molecule has 3 rings (SSSR count). The van der Waals surface area contributed by atoms with Crippen LogP contribution in [0.4, 0.5) is 11.4 Å². The van der Waals surface area contributed by atoms with E-state index in [2.05, 4.69) is 10.6 Å². The smallest absolute Gasteiger partial charge is 0.234 e. The number of hydrogen-bond acceptors (Lipinski definition) is 3. The zero-order valence-corrected chi connectivity index (χ0v) is 15.2. The molecule has 0 aliphatic heterocycles. The van der Waals surface area contributed by atoms with E-state index in [-0.39, 0.29) is 17.7 Å². The van der Waals surface area contributed by atoms with E-state index in [9.17, 15) is 9.59 Å². The third-order valence-electron chi connectivity index (χ3n) is 3.75. The summed E-state index contributed by atoms with van der Waals surface area (Å²) in [5.74, 6) is 1.22. The lowest BCUT2D eigenvalue weighted by atomic mass is 10.2. The van der Waals surface area contributed by atoms with Gasteiger partial charge in [-0.3, -0.25) is 9.59 Å². The minimum absolute atomic E-state index is 0.0561. The Morgan fingerprint density at radius 3 is 2.48 bits per heavy atom. The third-order valence-corrected chi connectivity index (χ3v) is 4.99. The normalized spacial score (nSPS) is 13.3. The van der Waals surface area contributed by atoms with Gasteiger partial charge in [0, 0.05) is 28.1 Å². The topological polar surface area (TPSA) is 58.2 Å². The summed E-state index contributed by atoms with van der Waals surface area (Å²) in [6.45, 7) is 0. The van der Waals surface area contributed by atoms with Crippen molar-refractivity contribution in [2.24, 2.45) is 5.92 Å². The highest BCUT2D eigenvalue weighted by molar-refractivity contribution is 7.99. The molecule has 1 saturated carbocycles. The van der Waals surface area contributed by atoms with Crippen LogP contribution in [-0.4, -0.2) is 17.6 Å². The van der Waals surface area contributed by atoms with Gasteiger partial charge in [-0.25, -0.2) is 0 Å². The minimum Gasteiger partial charge on any atom is -0.326 e. The Labute approximate surface area is 156 Å². The maximum atomic E-state index is 12.1. The van der Waals surface area contributed by atoms with Crippen molar-refractivity contribution in [1.29, 1.82) is 0 Å². The quantitative estimate of drug-likeness (QED) is 0.746. The molecule has 0 unspecified atom stereocenters. The van der Waals surface area contributed by atoms with Gasteiger partial charge in [-0.15, -0.1) is 11.8 Å². The molecule has 0 radical (unpaired) electrons. The first-order chi connectivity index (χ1) is 12.1. The Morgan fingerprint density at radius 2 is 1.76 bits per heavy atom. The standard InChI is InChI=1S/C19H19ClN2O2S/c20-15-4-1-3-13(9-15)11-25-12-18(23)21-16-5-2-6-17(10-16)22-19(24)14-7-8-14/h1-6,9-10,14H,7-8,11-12H2,(H,21,23)(H,22,24). The summed E-state index contributed by atoms with van der Waals surface area (Å²) < 4.78 is 0. The van der Waals surface area contributed by atoms with E-state index in [1.165, 1.54) is 11.8 Å². The Hall–Kier alpha value is -1.98. The Kier molecular flexibility index (Phi) is 6.00. The van der Waals surface area contributed by atoms with E-state index in [1.54, 1.807) is 6.07 Å². The number of halogens is 1. The molecule has 4 nitrogen and oxygen atoms in total. The van der Waals surface area contributed by atoms with Crippen molar-refractivity contribution in [3.63, 3.8) is 0 Å². The average molecular weight is 375 g/mol. The van der Waals surface area contributed by atoms with Crippen molar-refractivity contribution < 1.29 is 9.59 Å². The van der Waals surface area contributed by atoms with Crippen LogP contribution in [0, 0.1) is 5.92 Å². The molecule has 0 spiro atoms. The summed E-state index contributed by atoms with van der Waals surface area (Å²) in [5.41, 5.74) is 2.48. The van der Waals surface area contributed by atoms with Crippen molar-refractivity contribution in [3.8, 4) is 0 Å². The molecule has 2 aromatic carbocycles. The molecular formula is C19H19ClN2O2S. The molecule has 130 valence electrons. The van der Waals surface area contributed by atoms with Crippen molar-refractivity contribution in [2.45, 2.75) is 18.6 Å². The lowest BCUT2D eigenvalue weighted by Gasteiger charge is -2.09. The van der Waals surface area contributed by atoms with Gasteiger partial charge in [0.15, 0.2) is 0 Å². The number of carbonyl (C=O) groups is 2. The highest BCUT2D eigenvalue weighted by atomic mass is 35.5. The molecule has 0 atom stereocenters. The number of thioether (sulfide) groups is 1. The van der Waals surface area contributed by atoms with Crippen LogP contribution in [0.5, 0.6) is 0 Å². The lowest BCUT2D eigenvalue weighted by molar-refractivity contribution is -0.117. The summed E-state index contributed by atoms with van der Waals surface area (Å²) in [6, 6.07) is 14.9. The predicted octanol–water partition coefficient (Wildman–Crippen LogP) is 4.56.